The quantitative estimate of drug-likeness (QED) is 0.620. The van der Waals surface area contributed by atoms with Crippen LogP contribution in [0.2, 0.25) is 0 Å². The molecule has 26 heavy (non-hydrogen) atoms. The fraction of sp³-hybridized carbons (Fsp3) is 0.300. The Balaban J connectivity index is 2.18. The van der Waals surface area contributed by atoms with Crippen LogP contribution in [-0.2, 0) is 23.8 Å². The van der Waals surface area contributed by atoms with Crippen LogP contribution in [0.1, 0.15) is 23.5 Å². The summed E-state index contributed by atoms with van der Waals surface area (Å²) in [6, 6.07) is 18.5. The van der Waals surface area contributed by atoms with E-state index in [1.807, 2.05) is 60.7 Å². The number of hydrogen-bond donors (Lipinski definition) is 0. The number of carbonyl (C=O) groups excluding carboxylic acids is 2. The van der Waals surface area contributed by atoms with Crippen molar-refractivity contribution in [2.75, 3.05) is 21.3 Å². The highest BCUT2D eigenvalue weighted by molar-refractivity contribution is 6.06. The van der Waals surface area contributed by atoms with Gasteiger partial charge in [-0.1, -0.05) is 60.7 Å². The molecule has 1 saturated heterocycles. The lowest BCUT2D eigenvalue weighted by molar-refractivity contribution is -0.171. The summed E-state index contributed by atoms with van der Waals surface area (Å²) < 4.78 is 16.2. The maximum absolute atomic E-state index is 12.9. The summed E-state index contributed by atoms with van der Waals surface area (Å²) in [6.45, 7) is 0. The van der Waals surface area contributed by atoms with Gasteiger partial charge in [0.15, 0.2) is 0 Å². The lowest BCUT2D eigenvalue weighted by Crippen LogP contribution is -2.59. The topological polar surface area (TPSA) is 65.1 Å². The van der Waals surface area contributed by atoms with Crippen molar-refractivity contribution in [3.63, 3.8) is 0 Å². The number of nitrogens with zero attached hydrogens (tertiary/aromatic N) is 1. The summed E-state index contributed by atoms with van der Waals surface area (Å²) in [5.41, 5.74) is -0.232. The summed E-state index contributed by atoms with van der Waals surface area (Å²) >= 11 is 0. The summed E-state index contributed by atoms with van der Waals surface area (Å²) in [5.74, 6) is -1.45. The Bertz CT molecular complexity index is 761. The molecule has 3 rings (SSSR count). The zero-order valence-corrected chi connectivity index (χ0v) is 14.9. The first-order valence-corrected chi connectivity index (χ1v) is 8.22. The lowest BCUT2D eigenvalue weighted by Gasteiger charge is -2.33. The monoisotopic (exact) mass is 355 g/mol. The Morgan fingerprint density at radius 3 is 1.81 bits per heavy atom. The summed E-state index contributed by atoms with van der Waals surface area (Å²) in [6.07, 6.45) is -1.49. The van der Waals surface area contributed by atoms with Gasteiger partial charge in [-0.3, -0.25) is 0 Å². The maximum Gasteiger partial charge on any atom is 0.341 e. The Morgan fingerprint density at radius 1 is 0.885 bits per heavy atom. The molecule has 0 saturated carbocycles. The third-order valence-electron chi connectivity index (χ3n) is 4.73. The highest BCUT2D eigenvalue weighted by Gasteiger charge is 2.66. The second-order valence-electron chi connectivity index (χ2n) is 6.05. The van der Waals surface area contributed by atoms with Crippen molar-refractivity contribution in [3.05, 3.63) is 71.8 Å². The number of esters is 2. The van der Waals surface area contributed by atoms with E-state index in [9.17, 15) is 9.59 Å². The molecular weight excluding hydrogens is 334 g/mol. The number of likely N-dealkylation sites (N-methyl/N-ethyl adjacent to an activating group) is 1. The molecule has 0 amide bonds. The second kappa shape index (κ2) is 7.27. The molecule has 2 aromatic carbocycles. The number of ether oxygens (including phenoxy) is 3. The van der Waals surface area contributed by atoms with Crippen molar-refractivity contribution in [2.24, 2.45) is 0 Å². The third-order valence-corrected chi connectivity index (χ3v) is 4.73. The minimum Gasteiger partial charge on any atom is -0.467 e. The van der Waals surface area contributed by atoms with E-state index in [4.69, 9.17) is 14.2 Å². The van der Waals surface area contributed by atoms with Crippen LogP contribution in [0.25, 0.3) is 0 Å². The summed E-state index contributed by atoms with van der Waals surface area (Å²) in [7, 11) is 4.16. The molecule has 2 aromatic rings. The SMILES string of the molecule is COC(=O)C1(C(=O)OC)[C@@H](c2ccccc2)O[C@H](c2ccccc2)N1C. The molecule has 0 aromatic heterocycles. The number of rotatable bonds is 4. The Hall–Kier alpha value is -2.70. The van der Waals surface area contributed by atoms with E-state index in [2.05, 4.69) is 0 Å². The van der Waals surface area contributed by atoms with Gasteiger partial charge in [0.05, 0.1) is 14.2 Å². The summed E-state index contributed by atoms with van der Waals surface area (Å²) in [5, 5.41) is 0. The van der Waals surface area contributed by atoms with Crippen molar-refractivity contribution < 1.29 is 23.8 Å². The normalized spacial score (nSPS) is 22.0. The first-order valence-electron chi connectivity index (χ1n) is 8.22. The predicted octanol–water partition coefficient (Wildman–Crippen LogP) is 2.47. The van der Waals surface area contributed by atoms with Crippen LogP contribution in [0.5, 0.6) is 0 Å². The largest absolute Gasteiger partial charge is 0.467 e. The number of hydrogen-bond acceptors (Lipinski definition) is 6. The molecule has 0 bridgehead atoms. The molecule has 2 atom stereocenters. The van der Waals surface area contributed by atoms with Crippen molar-refractivity contribution in [1.82, 2.24) is 4.90 Å². The van der Waals surface area contributed by atoms with Gasteiger partial charge in [0.25, 0.3) is 0 Å². The predicted molar refractivity (Wildman–Crippen MR) is 94.0 cm³/mol. The van der Waals surface area contributed by atoms with Crippen LogP contribution in [0.3, 0.4) is 0 Å². The van der Waals surface area contributed by atoms with Gasteiger partial charge in [-0.05, 0) is 18.2 Å². The van der Waals surface area contributed by atoms with E-state index in [0.29, 0.717) is 5.56 Å². The van der Waals surface area contributed by atoms with Crippen LogP contribution >= 0.6 is 0 Å². The molecular formula is C20H21NO5. The lowest BCUT2D eigenvalue weighted by atomic mass is 9.86. The van der Waals surface area contributed by atoms with Gasteiger partial charge in [-0.2, -0.15) is 0 Å². The van der Waals surface area contributed by atoms with Gasteiger partial charge in [0, 0.05) is 0 Å². The molecule has 136 valence electrons. The van der Waals surface area contributed by atoms with E-state index in [0.717, 1.165) is 5.56 Å². The van der Waals surface area contributed by atoms with E-state index in [-0.39, 0.29) is 0 Å². The Labute approximate surface area is 152 Å². The van der Waals surface area contributed by atoms with Crippen LogP contribution in [0, 0.1) is 0 Å². The molecule has 6 heteroatoms. The smallest absolute Gasteiger partial charge is 0.341 e. The molecule has 1 aliphatic rings. The highest BCUT2D eigenvalue weighted by Crippen LogP contribution is 2.49. The van der Waals surface area contributed by atoms with Crippen LogP contribution in [0.15, 0.2) is 60.7 Å². The maximum atomic E-state index is 12.9. The van der Waals surface area contributed by atoms with Crippen molar-refractivity contribution >= 4 is 11.9 Å². The van der Waals surface area contributed by atoms with Crippen LogP contribution in [-0.4, -0.2) is 43.6 Å². The molecule has 1 fully saturated rings. The van der Waals surface area contributed by atoms with Gasteiger partial charge in [0.2, 0.25) is 5.54 Å². The van der Waals surface area contributed by atoms with E-state index < -0.39 is 29.8 Å². The number of carbonyl (C=O) groups is 2. The Morgan fingerprint density at radius 2 is 1.35 bits per heavy atom. The van der Waals surface area contributed by atoms with Gasteiger partial charge < -0.3 is 14.2 Å². The molecule has 0 radical (unpaired) electrons. The molecule has 1 heterocycles. The first kappa shape index (κ1) is 18.1. The minimum absolute atomic E-state index is 0.611. The number of methoxy groups -OCH3 is 2. The Kier molecular flexibility index (Phi) is 5.06. The molecule has 6 nitrogen and oxygen atoms in total. The van der Waals surface area contributed by atoms with E-state index in [1.54, 1.807) is 11.9 Å². The average Bonchev–Trinajstić information content (AvgIpc) is 3.02. The fourth-order valence-corrected chi connectivity index (χ4v) is 3.45. The molecule has 0 unspecified atom stereocenters. The van der Waals surface area contributed by atoms with Gasteiger partial charge >= 0.3 is 11.9 Å². The first-order chi connectivity index (χ1) is 12.6. The van der Waals surface area contributed by atoms with Gasteiger partial charge in [-0.25, -0.2) is 14.5 Å². The van der Waals surface area contributed by atoms with Crippen molar-refractivity contribution in [2.45, 2.75) is 17.9 Å². The molecule has 0 N–H and O–H groups in total. The van der Waals surface area contributed by atoms with Crippen LogP contribution in [0.4, 0.5) is 0 Å². The van der Waals surface area contributed by atoms with Crippen LogP contribution < -0.4 is 0 Å². The van der Waals surface area contributed by atoms with Crippen molar-refractivity contribution in [1.29, 1.82) is 0 Å². The third kappa shape index (κ3) is 2.67. The average molecular weight is 355 g/mol. The summed E-state index contributed by atoms with van der Waals surface area (Å²) in [4.78, 5) is 27.3. The van der Waals surface area contributed by atoms with E-state index >= 15 is 0 Å². The zero-order chi connectivity index (χ0) is 18.7. The molecule has 0 aliphatic carbocycles. The fourth-order valence-electron chi connectivity index (χ4n) is 3.45. The number of benzene rings is 2. The van der Waals surface area contributed by atoms with Gasteiger partial charge in [0.1, 0.15) is 12.3 Å². The molecule has 1 aliphatic heterocycles. The standard InChI is InChI=1S/C20H21NO5/c1-21-17(15-12-8-5-9-13-15)26-16(14-10-6-4-7-11-14)20(21,18(22)24-2)19(23)25-3/h4-13,16-17H,1-3H3/t16-,17-/m1/s1. The zero-order valence-electron chi connectivity index (χ0n) is 14.9. The van der Waals surface area contributed by atoms with E-state index in [1.165, 1.54) is 14.2 Å². The minimum atomic E-state index is -1.74. The second-order valence-corrected chi connectivity index (χ2v) is 6.05. The highest BCUT2D eigenvalue weighted by atomic mass is 16.6. The van der Waals surface area contributed by atoms with Gasteiger partial charge in [-0.15, -0.1) is 0 Å². The molecule has 0 spiro atoms. The van der Waals surface area contributed by atoms with Crippen molar-refractivity contribution in [3.8, 4) is 0 Å².